The number of carbonyl (C=O) groups excluding carboxylic acids is 2. The maximum Gasteiger partial charge on any atom is 0.321 e. The van der Waals surface area contributed by atoms with E-state index in [2.05, 4.69) is 28.4 Å². The second-order valence-corrected chi connectivity index (χ2v) is 11.5. The molecule has 3 aromatic rings. The molecule has 2 aromatic carbocycles. The number of allylic oxidation sites excluding steroid dienone is 2. The topological polar surface area (TPSA) is 96.5 Å². The summed E-state index contributed by atoms with van der Waals surface area (Å²) in [4.78, 5) is 37.6. The normalized spacial score (nSPS) is 19.6. The molecule has 10 nitrogen and oxygen atoms in total. The fraction of sp³-hybridized carbons (Fsp3) is 0.424. The maximum absolute atomic E-state index is 14.3. The maximum atomic E-state index is 14.3. The average molecular weight is 584 g/mol. The Morgan fingerprint density at radius 2 is 1.93 bits per heavy atom. The highest BCUT2D eigenvalue weighted by atomic mass is 16.7. The Balaban J connectivity index is 1.24. The van der Waals surface area contributed by atoms with E-state index in [4.69, 9.17) is 19.2 Å². The molecule has 4 aliphatic rings. The first-order chi connectivity index (χ1) is 21.1. The van der Waals surface area contributed by atoms with Crippen LogP contribution >= 0.6 is 0 Å². The van der Waals surface area contributed by atoms with Gasteiger partial charge in [-0.15, -0.1) is 0 Å². The number of urea groups is 1. The van der Waals surface area contributed by atoms with E-state index in [-0.39, 0.29) is 18.7 Å². The third kappa shape index (κ3) is 5.84. The van der Waals surface area contributed by atoms with E-state index in [0.717, 1.165) is 60.3 Å². The zero-order valence-electron chi connectivity index (χ0n) is 24.3. The van der Waals surface area contributed by atoms with Crippen LogP contribution in [0.15, 0.2) is 54.6 Å². The lowest BCUT2D eigenvalue weighted by Crippen LogP contribution is -2.38. The number of carbonyl (C=O) groups is 2. The summed E-state index contributed by atoms with van der Waals surface area (Å²) in [5.41, 5.74) is 3.11. The molecule has 7 rings (SSSR count). The van der Waals surface area contributed by atoms with Gasteiger partial charge in [0.2, 0.25) is 6.79 Å². The monoisotopic (exact) mass is 583 g/mol. The lowest BCUT2D eigenvalue weighted by molar-refractivity contribution is 0.0734. The summed E-state index contributed by atoms with van der Waals surface area (Å²) in [5, 5.41) is 3.79. The molecule has 1 aromatic heterocycles. The van der Waals surface area contributed by atoms with Crippen LogP contribution in [-0.2, 0) is 11.3 Å². The van der Waals surface area contributed by atoms with Crippen molar-refractivity contribution in [2.24, 2.45) is 5.92 Å². The van der Waals surface area contributed by atoms with Crippen LogP contribution in [0.5, 0.6) is 11.5 Å². The van der Waals surface area contributed by atoms with Crippen molar-refractivity contribution in [1.29, 1.82) is 0 Å². The number of pyridine rings is 1. The van der Waals surface area contributed by atoms with Crippen molar-refractivity contribution < 1.29 is 23.8 Å². The molecule has 3 amide bonds. The third-order valence-corrected chi connectivity index (χ3v) is 8.71. The summed E-state index contributed by atoms with van der Waals surface area (Å²) in [6.07, 6.45) is 8.91. The molecule has 224 valence electrons. The molecule has 1 unspecified atom stereocenters. The number of benzene rings is 2. The van der Waals surface area contributed by atoms with E-state index >= 15 is 0 Å². The van der Waals surface area contributed by atoms with E-state index in [1.807, 2.05) is 41.3 Å². The highest BCUT2D eigenvalue weighted by molar-refractivity contribution is 5.98. The Bertz CT molecular complexity index is 1550. The average Bonchev–Trinajstić information content (AvgIpc) is 3.70. The number of fused-ring (bicyclic) bond motifs is 2. The van der Waals surface area contributed by atoms with Crippen molar-refractivity contribution in [2.45, 2.75) is 32.2 Å². The van der Waals surface area contributed by atoms with Gasteiger partial charge in [0.05, 0.1) is 18.7 Å². The molecule has 0 saturated carbocycles. The second-order valence-electron chi connectivity index (χ2n) is 11.5. The fourth-order valence-electron chi connectivity index (χ4n) is 6.37. The van der Waals surface area contributed by atoms with Gasteiger partial charge >= 0.3 is 6.03 Å². The number of amides is 3. The van der Waals surface area contributed by atoms with Crippen molar-refractivity contribution in [2.75, 3.05) is 62.5 Å². The van der Waals surface area contributed by atoms with Gasteiger partial charge in [0.15, 0.2) is 11.5 Å². The predicted octanol–water partition coefficient (Wildman–Crippen LogP) is 4.72. The first-order valence-corrected chi connectivity index (χ1v) is 15.3. The number of nitrogens with one attached hydrogen (secondary N) is 1. The van der Waals surface area contributed by atoms with Gasteiger partial charge in [0, 0.05) is 67.5 Å². The summed E-state index contributed by atoms with van der Waals surface area (Å²) in [7, 11) is 0. The Kier molecular flexibility index (Phi) is 7.76. The number of hydrogen-bond acceptors (Lipinski definition) is 7. The largest absolute Gasteiger partial charge is 0.454 e. The molecule has 1 N–H and O–H groups in total. The van der Waals surface area contributed by atoms with Gasteiger partial charge in [-0.1, -0.05) is 18.2 Å². The number of rotatable bonds is 8. The summed E-state index contributed by atoms with van der Waals surface area (Å²) in [6, 6.07) is 13.3. The summed E-state index contributed by atoms with van der Waals surface area (Å²) >= 11 is 0. The molecular formula is C33H37N5O5. The molecular weight excluding hydrogens is 546 g/mol. The summed E-state index contributed by atoms with van der Waals surface area (Å²) in [6.45, 7) is 5.13. The highest BCUT2D eigenvalue weighted by Crippen LogP contribution is 2.37. The van der Waals surface area contributed by atoms with Crippen molar-refractivity contribution in [1.82, 2.24) is 15.2 Å². The molecule has 4 heterocycles. The Labute approximate surface area is 251 Å². The van der Waals surface area contributed by atoms with Gasteiger partial charge in [0.1, 0.15) is 5.82 Å². The smallest absolute Gasteiger partial charge is 0.321 e. The van der Waals surface area contributed by atoms with Gasteiger partial charge in [-0.25, -0.2) is 9.78 Å². The minimum Gasteiger partial charge on any atom is -0.454 e. The van der Waals surface area contributed by atoms with Crippen molar-refractivity contribution >= 4 is 34.3 Å². The highest BCUT2D eigenvalue weighted by Gasteiger charge is 2.26. The number of aromatic nitrogens is 1. The quantitative estimate of drug-likeness (QED) is 0.384. The molecule has 2 saturated heterocycles. The van der Waals surface area contributed by atoms with Gasteiger partial charge in [0.25, 0.3) is 5.91 Å². The molecule has 10 heteroatoms. The number of hydrogen-bond donors (Lipinski definition) is 1. The van der Waals surface area contributed by atoms with E-state index in [1.165, 1.54) is 6.42 Å². The fourth-order valence-corrected chi connectivity index (χ4v) is 6.37. The number of anilines is 2. The SMILES string of the molecule is O=C(c1cccc(N2CCNC2=O)c1)N(CCC1C=CCCC1)Cc1cc2cc3c(cc2nc1N1CCOCC1)OCO3. The predicted molar refractivity (Wildman–Crippen MR) is 164 cm³/mol. The number of nitrogens with zero attached hydrogens (tertiary/aromatic N) is 4. The van der Waals surface area contributed by atoms with E-state index in [9.17, 15) is 9.59 Å². The lowest BCUT2D eigenvalue weighted by Gasteiger charge is -2.32. The Morgan fingerprint density at radius 1 is 1.07 bits per heavy atom. The first-order valence-electron chi connectivity index (χ1n) is 15.3. The molecule has 1 atom stereocenters. The Morgan fingerprint density at radius 3 is 2.72 bits per heavy atom. The van der Waals surface area contributed by atoms with E-state index in [0.29, 0.717) is 62.4 Å². The third-order valence-electron chi connectivity index (χ3n) is 8.71. The number of morpholine rings is 1. The van der Waals surface area contributed by atoms with Crippen LogP contribution in [0.2, 0.25) is 0 Å². The standard InChI is InChI=1S/C33H37N5O5/c39-32(24-7-4-8-27(18-24)38-12-10-34-33(38)40)37(11-9-23-5-2-1-3-6-23)21-26-17-25-19-29-30(43-22-42-29)20-28(25)35-31(26)36-13-15-41-16-14-36/h2,4-5,7-8,17-20,23H,1,3,6,9-16,21-22H2,(H,34,40). The van der Waals surface area contributed by atoms with Crippen LogP contribution in [-0.4, -0.2) is 74.6 Å². The van der Waals surface area contributed by atoms with Gasteiger partial charge in [-0.2, -0.15) is 0 Å². The van der Waals surface area contributed by atoms with Crippen LogP contribution < -0.4 is 24.6 Å². The van der Waals surface area contributed by atoms with Crippen LogP contribution in [0.25, 0.3) is 10.9 Å². The van der Waals surface area contributed by atoms with Crippen molar-refractivity contribution in [3.63, 3.8) is 0 Å². The molecule has 43 heavy (non-hydrogen) atoms. The summed E-state index contributed by atoms with van der Waals surface area (Å²) in [5.74, 6) is 2.67. The summed E-state index contributed by atoms with van der Waals surface area (Å²) < 4.78 is 16.9. The Hall–Kier alpha value is -4.31. The zero-order chi connectivity index (χ0) is 29.2. The molecule has 0 bridgehead atoms. The molecule has 1 aliphatic carbocycles. The van der Waals surface area contributed by atoms with E-state index < -0.39 is 0 Å². The van der Waals surface area contributed by atoms with Crippen LogP contribution in [0.1, 0.15) is 41.6 Å². The molecule has 2 fully saturated rings. The molecule has 0 spiro atoms. The van der Waals surface area contributed by atoms with Gasteiger partial charge in [-0.3, -0.25) is 9.69 Å². The molecule has 0 radical (unpaired) electrons. The van der Waals surface area contributed by atoms with Gasteiger partial charge < -0.3 is 29.3 Å². The molecule has 3 aliphatic heterocycles. The van der Waals surface area contributed by atoms with Crippen molar-refractivity contribution in [3.05, 3.63) is 65.7 Å². The van der Waals surface area contributed by atoms with Crippen LogP contribution in [0, 0.1) is 5.92 Å². The van der Waals surface area contributed by atoms with E-state index in [1.54, 1.807) is 4.90 Å². The zero-order valence-corrected chi connectivity index (χ0v) is 24.3. The lowest BCUT2D eigenvalue weighted by atomic mass is 9.93. The van der Waals surface area contributed by atoms with Gasteiger partial charge in [-0.05, 0) is 61.9 Å². The minimum absolute atomic E-state index is 0.0556. The van der Waals surface area contributed by atoms with Crippen LogP contribution in [0.3, 0.4) is 0 Å². The first kappa shape index (κ1) is 27.5. The van der Waals surface area contributed by atoms with Crippen LogP contribution in [0.4, 0.5) is 16.3 Å². The number of ether oxygens (including phenoxy) is 3. The minimum atomic E-state index is -0.135. The van der Waals surface area contributed by atoms with Crippen molar-refractivity contribution in [3.8, 4) is 11.5 Å². The second kappa shape index (κ2) is 12.1.